The molecule has 0 amide bonds. The Bertz CT molecular complexity index is 745. The van der Waals surface area contributed by atoms with E-state index in [4.69, 9.17) is 4.74 Å². The highest BCUT2D eigenvalue weighted by Gasteiger charge is 2.32. The molecule has 1 aliphatic heterocycles. The number of carbonyl (C=O) groups is 1. The number of methoxy groups -OCH3 is 1. The van der Waals surface area contributed by atoms with Gasteiger partial charge in [-0.1, -0.05) is 15.9 Å². The number of esters is 1. The molecule has 2 aromatic rings. The van der Waals surface area contributed by atoms with Crippen LogP contribution in [0.15, 0.2) is 28.7 Å². The number of carbonyl (C=O) groups excluding carboxylic acids is 1. The highest BCUT2D eigenvalue weighted by molar-refractivity contribution is 9.10. The molecule has 0 saturated carbocycles. The molecule has 1 N–H and O–H groups in total. The molecule has 0 spiro atoms. The number of hydrogen-bond acceptors (Lipinski definition) is 5. The largest absolute Gasteiger partial charge is 0.464 e. The maximum Gasteiger partial charge on any atom is 0.356 e. The molecule has 3 rings (SSSR count). The van der Waals surface area contributed by atoms with Gasteiger partial charge in [-0.3, -0.25) is 0 Å². The van der Waals surface area contributed by atoms with Crippen molar-refractivity contribution in [2.75, 3.05) is 25.1 Å². The minimum atomic E-state index is -0.715. The van der Waals surface area contributed by atoms with Gasteiger partial charge in [-0.25, -0.2) is 9.78 Å². The zero-order valence-corrected chi connectivity index (χ0v) is 14.1. The first-order chi connectivity index (χ1) is 10.4. The summed E-state index contributed by atoms with van der Waals surface area (Å²) < 4.78 is 5.73. The Morgan fingerprint density at radius 1 is 1.45 bits per heavy atom. The van der Waals surface area contributed by atoms with Gasteiger partial charge in [0.25, 0.3) is 0 Å². The maximum atomic E-state index is 11.9. The van der Waals surface area contributed by atoms with E-state index >= 15 is 0 Å². The third kappa shape index (κ3) is 2.80. The molecule has 6 heteroatoms. The third-order valence-corrected chi connectivity index (χ3v) is 4.43. The van der Waals surface area contributed by atoms with E-state index in [2.05, 4.69) is 25.8 Å². The minimum Gasteiger partial charge on any atom is -0.464 e. The molecule has 1 fully saturated rings. The SMILES string of the molecule is COC(=O)c1cc(N2CCC(C)(O)C2)c2cc(Br)ccc2n1. The lowest BCUT2D eigenvalue weighted by Gasteiger charge is -2.23. The summed E-state index contributed by atoms with van der Waals surface area (Å²) in [5.74, 6) is -0.461. The van der Waals surface area contributed by atoms with Gasteiger partial charge in [-0.15, -0.1) is 0 Å². The molecule has 116 valence electrons. The number of hydrogen-bond donors (Lipinski definition) is 1. The Morgan fingerprint density at radius 3 is 2.86 bits per heavy atom. The van der Waals surface area contributed by atoms with Gasteiger partial charge >= 0.3 is 5.97 Å². The first-order valence-corrected chi connectivity index (χ1v) is 7.85. The van der Waals surface area contributed by atoms with Gasteiger partial charge in [0.2, 0.25) is 0 Å². The number of ether oxygens (including phenoxy) is 1. The number of aliphatic hydroxyl groups is 1. The fourth-order valence-electron chi connectivity index (χ4n) is 2.80. The second kappa shape index (κ2) is 5.52. The van der Waals surface area contributed by atoms with Crippen LogP contribution in [0.2, 0.25) is 0 Å². The van der Waals surface area contributed by atoms with E-state index in [0.717, 1.165) is 27.6 Å². The van der Waals surface area contributed by atoms with E-state index in [0.29, 0.717) is 13.0 Å². The summed E-state index contributed by atoms with van der Waals surface area (Å²) in [6, 6.07) is 7.47. The molecule has 1 saturated heterocycles. The van der Waals surface area contributed by atoms with E-state index in [9.17, 15) is 9.90 Å². The Balaban J connectivity index is 2.17. The van der Waals surface area contributed by atoms with Crippen molar-refractivity contribution in [1.82, 2.24) is 4.98 Å². The molecule has 2 heterocycles. The first kappa shape index (κ1) is 15.2. The normalized spacial score (nSPS) is 21.4. The van der Waals surface area contributed by atoms with Crippen LogP contribution in [0.1, 0.15) is 23.8 Å². The van der Waals surface area contributed by atoms with Gasteiger partial charge in [0.05, 0.1) is 18.2 Å². The smallest absolute Gasteiger partial charge is 0.356 e. The van der Waals surface area contributed by atoms with Crippen LogP contribution < -0.4 is 4.90 Å². The van der Waals surface area contributed by atoms with Crippen LogP contribution >= 0.6 is 15.9 Å². The van der Waals surface area contributed by atoms with E-state index in [-0.39, 0.29) is 5.69 Å². The second-order valence-electron chi connectivity index (χ2n) is 5.85. The Morgan fingerprint density at radius 2 is 2.23 bits per heavy atom. The lowest BCUT2D eigenvalue weighted by molar-refractivity contribution is 0.0594. The number of β-amino-alcohol motifs (C(OH)–C–C–N with tert-alkyl or cyclic N) is 1. The van der Waals surface area contributed by atoms with Crippen molar-refractivity contribution < 1.29 is 14.6 Å². The van der Waals surface area contributed by atoms with Gasteiger partial charge in [0.1, 0.15) is 0 Å². The van der Waals surface area contributed by atoms with E-state index < -0.39 is 11.6 Å². The van der Waals surface area contributed by atoms with Crippen LogP contribution in [0.4, 0.5) is 5.69 Å². The predicted molar refractivity (Wildman–Crippen MR) is 88.2 cm³/mol. The van der Waals surface area contributed by atoms with Crippen LogP contribution in [-0.4, -0.2) is 41.9 Å². The van der Waals surface area contributed by atoms with Crippen LogP contribution in [0.25, 0.3) is 10.9 Å². The molecule has 1 unspecified atom stereocenters. The van der Waals surface area contributed by atoms with Crippen LogP contribution in [-0.2, 0) is 4.74 Å². The fraction of sp³-hybridized carbons (Fsp3) is 0.375. The highest BCUT2D eigenvalue weighted by Crippen LogP contribution is 2.33. The summed E-state index contributed by atoms with van der Waals surface area (Å²) in [4.78, 5) is 18.3. The average molecular weight is 365 g/mol. The summed E-state index contributed by atoms with van der Waals surface area (Å²) in [6.07, 6.45) is 0.693. The first-order valence-electron chi connectivity index (χ1n) is 7.05. The zero-order chi connectivity index (χ0) is 15.9. The molecular weight excluding hydrogens is 348 g/mol. The zero-order valence-electron chi connectivity index (χ0n) is 12.5. The molecule has 0 bridgehead atoms. The highest BCUT2D eigenvalue weighted by atomic mass is 79.9. The van der Waals surface area contributed by atoms with Crippen molar-refractivity contribution in [2.45, 2.75) is 18.9 Å². The van der Waals surface area contributed by atoms with Crippen molar-refractivity contribution in [2.24, 2.45) is 0 Å². The molecular formula is C16H17BrN2O3. The number of fused-ring (bicyclic) bond motifs is 1. The number of anilines is 1. The van der Waals surface area contributed by atoms with Gasteiger partial charge in [-0.2, -0.15) is 0 Å². The number of halogens is 1. The fourth-order valence-corrected chi connectivity index (χ4v) is 3.16. The second-order valence-corrected chi connectivity index (χ2v) is 6.76. The Hall–Kier alpha value is -1.66. The molecule has 1 aromatic carbocycles. The number of nitrogens with zero attached hydrogens (tertiary/aromatic N) is 2. The van der Waals surface area contributed by atoms with E-state index in [1.54, 1.807) is 6.07 Å². The summed E-state index contributed by atoms with van der Waals surface area (Å²) in [6.45, 7) is 3.09. The van der Waals surface area contributed by atoms with E-state index in [1.165, 1.54) is 7.11 Å². The van der Waals surface area contributed by atoms with Crippen LogP contribution in [0.5, 0.6) is 0 Å². The molecule has 0 radical (unpaired) electrons. The molecule has 22 heavy (non-hydrogen) atoms. The van der Waals surface area contributed by atoms with Gasteiger partial charge in [-0.05, 0) is 37.6 Å². The molecule has 5 nitrogen and oxygen atoms in total. The number of benzene rings is 1. The number of rotatable bonds is 2. The van der Waals surface area contributed by atoms with Gasteiger partial charge in [0.15, 0.2) is 5.69 Å². The van der Waals surface area contributed by atoms with Gasteiger partial charge in [0, 0.05) is 28.6 Å². The molecule has 1 aromatic heterocycles. The van der Waals surface area contributed by atoms with Crippen LogP contribution in [0, 0.1) is 0 Å². The Kier molecular flexibility index (Phi) is 3.82. The quantitative estimate of drug-likeness (QED) is 0.830. The Labute approximate surface area is 137 Å². The molecule has 1 aliphatic rings. The monoisotopic (exact) mass is 364 g/mol. The van der Waals surface area contributed by atoms with E-state index in [1.807, 2.05) is 25.1 Å². The maximum absolute atomic E-state index is 11.9. The van der Waals surface area contributed by atoms with Crippen molar-refractivity contribution in [1.29, 1.82) is 0 Å². The van der Waals surface area contributed by atoms with Gasteiger partial charge < -0.3 is 14.7 Å². The summed E-state index contributed by atoms with van der Waals surface area (Å²) >= 11 is 3.47. The summed E-state index contributed by atoms with van der Waals surface area (Å²) in [5.41, 5.74) is 1.18. The lowest BCUT2D eigenvalue weighted by atomic mass is 10.1. The standard InChI is InChI=1S/C16H17BrN2O3/c1-16(21)5-6-19(9-16)14-8-13(15(20)22-2)18-12-4-3-10(17)7-11(12)14/h3-4,7-8,21H,5-6,9H2,1-2H3. The number of pyridine rings is 1. The predicted octanol–water partition coefficient (Wildman–Crippen LogP) is 2.75. The third-order valence-electron chi connectivity index (χ3n) is 3.94. The van der Waals surface area contributed by atoms with Crippen molar-refractivity contribution in [3.63, 3.8) is 0 Å². The average Bonchev–Trinajstić information content (AvgIpc) is 2.85. The lowest BCUT2D eigenvalue weighted by Crippen LogP contribution is -2.29. The molecule has 0 aliphatic carbocycles. The number of aromatic nitrogens is 1. The summed E-state index contributed by atoms with van der Waals surface area (Å²) in [7, 11) is 1.34. The minimum absolute atomic E-state index is 0.277. The topological polar surface area (TPSA) is 62.7 Å². The molecule has 1 atom stereocenters. The van der Waals surface area contributed by atoms with Crippen LogP contribution in [0.3, 0.4) is 0 Å². The van der Waals surface area contributed by atoms with Crippen molar-refractivity contribution in [3.05, 3.63) is 34.4 Å². The van der Waals surface area contributed by atoms with Crippen molar-refractivity contribution in [3.8, 4) is 0 Å². The summed E-state index contributed by atoms with van der Waals surface area (Å²) in [5, 5.41) is 11.2. The van der Waals surface area contributed by atoms with Crippen molar-refractivity contribution >= 4 is 38.5 Å².